The number of hydrogen-bond donors (Lipinski definition) is 2. The van der Waals surface area contributed by atoms with Gasteiger partial charge in [-0.3, -0.25) is 19.7 Å². The Labute approximate surface area is 142 Å². The van der Waals surface area contributed by atoms with E-state index in [0.717, 1.165) is 0 Å². The first-order chi connectivity index (χ1) is 11.9. The number of imide groups is 1. The van der Waals surface area contributed by atoms with Crippen LogP contribution in [0.3, 0.4) is 0 Å². The fourth-order valence-electron chi connectivity index (χ4n) is 3.04. The lowest BCUT2D eigenvalue weighted by atomic mass is 10.0. The minimum atomic E-state index is -1.16. The predicted molar refractivity (Wildman–Crippen MR) is 82.2 cm³/mol. The summed E-state index contributed by atoms with van der Waals surface area (Å²) in [4.78, 5) is 48.2. The molecule has 9 heteroatoms. The van der Waals surface area contributed by atoms with E-state index in [1.54, 1.807) is 6.07 Å². The number of ether oxygens (including phenoxy) is 2. The third-order valence-corrected chi connectivity index (χ3v) is 4.19. The van der Waals surface area contributed by atoms with Crippen molar-refractivity contribution in [2.45, 2.75) is 25.4 Å². The lowest BCUT2D eigenvalue weighted by Crippen LogP contribution is -2.52. The lowest BCUT2D eigenvalue weighted by Gasteiger charge is -2.29. The Kier molecular flexibility index (Phi) is 4.30. The monoisotopic (exact) mass is 348 g/mol. The van der Waals surface area contributed by atoms with Crippen molar-refractivity contribution in [2.75, 3.05) is 13.7 Å². The second kappa shape index (κ2) is 6.42. The topological polar surface area (TPSA) is 122 Å². The molecule has 1 saturated heterocycles. The molecular weight excluding hydrogens is 332 g/mol. The van der Waals surface area contributed by atoms with E-state index >= 15 is 0 Å². The van der Waals surface area contributed by atoms with E-state index in [9.17, 15) is 19.2 Å². The number of amides is 3. The van der Waals surface area contributed by atoms with Gasteiger partial charge in [-0.1, -0.05) is 0 Å². The maximum absolute atomic E-state index is 12.7. The number of carboxylic acid groups (broad SMARTS) is 1. The van der Waals surface area contributed by atoms with Crippen LogP contribution in [-0.2, 0) is 20.9 Å². The van der Waals surface area contributed by atoms with E-state index in [2.05, 4.69) is 5.32 Å². The van der Waals surface area contributed by atoms with Gasteiger partial charge in [-0.25, -0.2) is 4.79 Å². The lowest BCUT2D eigenvalue weighted by molar-refractivity contribution is -0.139. The maximum Gasteiger partial charge on any atom is 0.341 e. The minimum Gasteiger partial charge on any atom is -0.493 e. The smallest absolute Gasteiger partial charge is 0.341 e. The first-order valence-corrected chi connectivity index (χ1v) is 7.61. The number of nitrogens with one attached hydrogen (secondary N) is 1. The van der Waals surface area contributed by atoms with Crippen LogP contribution in [-0.4, -0.2) is 53.5 Å². The summed E-state index contributed by atoms with van der Waals surface area (Å²) in [7, 11) is 1.41. The van der Waals surface area contributed by atoms with Crippen LogP contribution in [0.5, 0.6) is 11.5 Å². The summed E-state index contributed by atoms with van der Waals surface area (Å²) in [6, 6.07) is 2.31. The highest BCUT2D eigenvalue weighted by atomic mass is 16.5. The molecule has 1 unspecified atom stereocenters. The van der Waals surface area contributed by atoms with E-state index in [4.69, 9.17) is 14.6 Å². The summed E-state index contributed by atoms with van der Waals surface area (Å²) in [6.07, 6.45) is 0.398. The summed E-state index contributed by atoms with van der Waals surface area (Å²) >= 11 is 0. The van der Waals surface area contributed by atoms with E-state index in [0.29, 0.717) is 16.9 Å². The van der Waals surface area contributed by atoms with Gasteiger partial charge in [-0.15, -0.1) is 0 Å². The normalized spacial score (nSPS) is 19.5. The van der Waals surface area contributed by atoms with Gasteiger partial charge < -0.3 is 19.5 Å². The van der Waals surface area contributed by atoms with Crippen molar-refractivity contribution in [3.05, 3.63) is 23.3 Å². The molecule has 2 N–H and O–H groups in total. The Balaban J connectivity index is 1.92. The number of piperidine rings is 1. The Morgan fingerprint density at radius 2 is 2.12 bits per heavy atom. The number of fused-ring (bicyclic) bond motifs is 1. The molecule has 0 spiro atoms. The number of nitrogens with zero attached hydrogens (tertiary/aromatic N) is 1. The van der Waals surface area contributed by atoms with Crippen molar-refractivity contribution < 1.29 is 33.8 Å². The summed E-state index contributed by atoms with van der Waals surface area (Å²) in [5.41, 5.74) is 0.793. The van der Waals surface area contributed by atoms with Gasteiger partial charge >= 0.3 is 5.97 Å². The van der Waals surface area contributed by atoms with Crippen LogP contribution in [0.1, 0.15) is 28.8 Å². The zero-order valence-electron chi connectivity index (χ0n) is 13.4. The van der Waals surface area contributed by atoms with E-state index < -0.39 is 24.5 Å². The van der Waals surface area contributed by atoms with Crippen LogP contribution >= 0.6 is 0 Å². The molecule has 2 aliphatic rings. The van der Waals surface area contributed by atoms with Crippen LogP contribution < -0.4 is 14.8 Å². The van der Waals surface area contributed by atoms with Gasteiger partial charge in [0.1, 0.15) is 6.04 Å². The molecule has 0 bridgehead atoms. The molecule has 2 heterocycles. The third-order valence-electron chi connectivity index (χ3n) is 4.19. The number of carbonyl (C=O) groups excluding carboxylic acids is 3. The summed E-state index contributed by atoms with van der Waals surface area (Å²) in [6.45, 7) is -0.508. The highest BCUT2D eigenvalue weighted by molar-refractivity contribution is 6.05. The van der Waals surface area contributed by atoms with Crippen LogP contribution in [0, 0.1) is 0 Å². The Hall–Kier alpha value is -3.10. The first kappa shape index (κ1) is 16.7. The van der Waals surface area contributed by atoms with Crippen molar-refractivity contribution >= 4 is 23.7 Å². The number of rotatable bonds is 5. The molecule has 1 aromatic carbocycles. The molecule has 25 heavy (non-hydrogen) atoms. The van der Waals surface area contributed by atoms with Crippen LogP contribution in [0.25, 0.3) is 0 Å². The van der Waals surface area contributed by atoms with Crippen molar-refractivity contribution in [3.63, 3.8) is 0 Å². The summed E-state index contributed by atoms with van der Waals surface area (Å²) in [5.74, 6) is -1.93. The molecule has 1 atom stereocenters. The minimum absolute atomic E-state index is 0.0760. The van der Waals surface area contributed by atoms with Gasteiger partial charge in [0.25, 0.3) is 5.91 Å². The van der Waals surface area contributed by atoms with Crippen LogP contribution in [0.4, 0.5) is 0 Å². The Morgan fingerprint density at radius 1 is 1.36 bits per heavy atom. The number of aliphatic carboxylic acids is 1. The second-order valence-electron chi connectivity index (χ2n) is 5.71. The third kappa shape index (κ3) is 3.00. The van der Waals surface area contributed by atoms with Gasteiger partial charge in [-0.05, 0) is 18.6 Å². The van der Waals surface area contributed by atoms with E-state index in [1.807, 2.05) is 0 Å². The fourth-order valence-corrected chi connectivity index (χ4v) is 3.04. The highest BCUT2D eigenvalue weighted by Gasteiger charge is 2.40. The first-order valence-electron chi connectivity index (χ1n) is 7.61. The van der Waals surface area contributed by atoms with Crippen LogP contribution in [0.2, 0.25) is 0 Å². The molecule has 3 rings (SSSR count). The predicted octanol–water partition coefficient (Wildman–Crippen LogP) is -0.0804. The summed E-state index contributed by atoms with van der Waals surface area (Å²) in [5, 5.41) is 11.1. The van der Waals surface area contributed by atoms with E-state index in [-0.39, 0.29) is 37.0 Å². The molecule has 1 fully saturated rings. The van der Waals surface area contributed by atoms with Crippen molar-refractivity contribution in [1.29, 1.82) is 0 Å². The van der Waals surface area contributed by atoms with Crippen molar-refractivity contribution in [2.24, 2.45) is 0 Å². The number of methoxy groups -OCH3 is 1. The van der Waals surface area contributed by atoms with Crippen LogP contribution in [0.15, 0.2) is 12.1 Å². The number of carboxylic acids is 1. The highest BCUT2D eigenvalue weighted by Crippen LogP contribution is 2.39. The Morgan fingerprint density at radius 3 is 2.76 bits per heavy atom. The molecule has 0 aromatic heterocycles. The molecule has 3 amide bonds. The standard InChI is InChI=1S/C16H16N2O7/c1-24-11-4-2-8-9(14(11)25-7-13(20)21)6-18(16(8)23)10-3-5-12(19)17-15(10)22/h2,4,10H,3,5-7H2,1H3,(H,20,21)(H,17,19,22). The average Bonchev–Trinajstić information content (AvgIpc) is 2.89. The molecular formula is C16H16N2O7. The molecule has 2 aliphatic heterocycles. The molecule has 132 valence electrons. The fraction of sp³-hybridized carbons (Fsp3) is 0.375. The number of benzene rings is 1. The zero-order valence-corrected chi connectivity index (χ0v) is 13.4. The number of carbonyl (C=O) groups is 4. The van der Waals surface area contributed by atoms with Gasteiger partial charge in [0.2, 0.25) is 11.8 Å². The molecule has 0 aliphatic carbocycles. The average molecular weight is 348 g/mol. The molecule has 9 nitrogen and oxygen atoms in total. The molecule has 0 radical (unpaired) electrons. The van der Waals surface area contributed by atoms with E-state index in [1.165, 1.54) is 18.1 Å². The largest absolute Gasteiger partial charge is 0.493 e. The molecule has 0 saturated carbocycles. The van der Waals surface area contributed by atoms with Crippen molar-refractivity contribution in [3.8, 4) is 11.5 Å². The van der Waals surface area contributed by atoms with Gasteiger partial charge in [0.05, 0.1) is 13.7 Å². The quantitative estimate of drug-likeness (QED) is 0.714. The maximum atomic E-state index is 12.7. The summed E-state index contributed by atoms with van der Waals surface area (Å²) < 4.78 is 10.5. The SMILES string of the molecule is COc1ccc2c(c1OCC(=O)O)CN(C1CCC(=O)NC1=O)C2=O. The van der Waals surface area contributed by atoms with Crippen molar-refractivity contribution in [1.82, 2.24) is 10.2 Å². The Bertz CT molecular complexity index is 774. The molecule has 1 aromatic rings. The van der Waals surface area contributed by atoms with Gasteiger partial charge in [0, 0.05) is 17.5 Å². The zero-order chi connectivity index (χ0) is 18.1. The van der Waals surface area contributed by atoms with Gasteiger partial charge in [-0.2, -0.15) is 0 Å². The second-order valence-corrected chi connectivity index (χ2v) is 5.71. The van der Waals surface area contributed by atoms with Gasteiger partial charge in [0.15, 0.2) is 18.1 Å². The number of hydrogen-bond acceptors (Lipinski definition) is 6.